The minimum atomic E-state index is -3.26. The van der Waals surface area contributed by atoms with Crippen LogP contribution in [0.5, 0.6) is 0 Å². The van der Waals surface area contributed by atoms with Gasteiger partial charge in [0.2, 0.25) is 0 Å². The molecule has 0 aromatic carbocycles. The second-order valence-electron chi connectivity index (χ2n) is 6.67. The molecule has 31 heavy (non-hydrogen) atoms. The van der Waals surface area contributed by atoms with E-state index < -0.39 is 63.6 Å². The maximum atomic E-state index is 11.8. The van der Waals surface area contributed by atoms with Crippen LogP contribution in [0.1, 0.15) is 34.6 Å². The Kier molecular flexibility index (Phi) is 10.7. The van der Waals surface area contributed by atoms with Gasteiger partial charge in [-0.15, -0.1) is 11.8 Å². The van der Waals surface area contributed by atoms with Gasteiger partial charge in [-0.25, -0.2) is 8.42 Å². The molecule has 1 saturated heterocycles. The molecule has 5 atom stereocenters. The molecule has 0 radical (unpaired) electrons. The third-order valence-electron chi connectivity index (χ3n) is 4.06. The van der Waals surface area contributed by atoms with Gasteiger partial charge in [-0.1, -0.05) is 6.92 Å². The SMILES string of the molecule is CCS(=O)(=O)CCS[C@@H]1O[C@H](COC(C)=O)[C@H](OC(C)=O)[C@H](OC(C)=O)[C@@H]1OC(C)=O. The Bertz CT molecular complexity index is 764. The molecule has 13 heteroatoms. The van der Waals surface area contributed by atoms with Crippen LogP contribution >= 0.6 is 11.8 Å². The van der Waals surface area contributed by atoms with Crippen LogP contribution in [-0.2, 0) is 52.7 Å². The Morgan fingerprint density at radius 2 is 1.35 bits per heavy atom. The quantitative estimate of drug-likeness (QED) is 0.309. The van der Waals surface area contributed by atoms with E-state index in [-0.39, 0.29) is 23.9 Å². The molecule has 0 amide bonds. The molecule has 1 heterocycles. The third kappa shape index (κ3) is 9.44. The molecule has 0 aromatic heterocycles. The second-order valence-corrected chi connectivity index (χ2v) is 10.4. The summed E-state index contributed by atoms with van der Waals surface area (Å²) in [5.41, 5.74) is -0.979. The molecular weight excluding hydrogens is 456 g/mol. The summed E-state index contributed by atoms with van der Waals surface area (Å²) in [5, 5.41) is 0. The van der Waals surface area contributed by atoms with Gasteiger partial charge in [0.25, 0.3) is 0 Å². The molecule has 0 aromatic rings. The van der Waals surface area contributed by atoms with Crippen LogP contribution in [-0.4, -0.2) is 86.0 Å². The Balaban J connectivity index is 3.24. The summed E-state index contributed by atoms with van der Waals surface area (Å²) < 4.78 is 50.3. The molecule has 11 nitrogen and oxygen atoms in total. The number of rotatable bonds is 10. The van der Waals surface area contributed by atoms with Gasteiger partial charge in [-0.05, 0) is 0 Å². The standard InChI is InChI=1S/C18H28O11S2/c1-6-31(23,24)8-7-30-18-17(28-13(5)22)16(27-12(4)21)15(26-11(3)20)14(29-18)9-25-10(2)19/h14-18H,6-9H2,1-5H3/t14-,15+,16+,17+,18+/m1/s1. The summed E-state index contributed by atoms with van der Waals surface area (Å²) in [7, 11) is -3.26. The zero-order valence-corrected chi connectivity index (χ0v) is 19.7. The highest BCUT2D eigenvalue weighted by Gasteiger charge is 2.52. The first-order valence-corrected chi connectivity index (χ1v) is 12.4. The number of carbonyl (C=O) groups excluding carboxylic acids is 4. The van der Waals surface area contributed by atoms with Gasteiger partial charge in [0.05, 0.1) is 5.75 Å². The largest absolute Gasteiger partial charge is 0.463 e. The lowest BCUT2D eigenvalue weighted by molar-refractivity contribution is -0.237. The van der Waals surface area contributed by atoms with Crippen molar-refractivity contribution in [1.29, 1.82) is 0 Å². The normalized spacial score (nSPS) is 25.9. The molecule has 1 aliphatic heterocycles. The van der Waals surface area contributed by atoms with E-state index in [1.807, 2.05) is 0 Å². The van der Waals surface area contributed by atoms with E-state index in [1.54, 1.807) is 0 Å². The lowest BCUT2D eigenvalue weighted by Gasteiger charge is -2.44. The van der Waals surface area contributed by atoms with Crippen molar-refractivity contribution in [2.45, 2.75) is 64.5 Å². The first-order valence-electron chi connectivity index (χ1n) is 9.48. The van der Waals surface area contributed by atoms with E-state index in [0.29, 0.717) is 0 Å². The van der Waals surface area contributed by atoms with E-state index in [9.17, 15) is 27.6 Å². The number of ether oxygens (including phenoxy) is 5. The molecule has 0 spiro atoms. The van der Waals surface area contributed by atoms with E-state index >= 15 is 0 Å². The van der Waals surface area contributed by atoms with Gasteiger partial charge in [0.15, 0.2) is 28.1 Å². The maximum Gasteiger partial charge on any atom is 0.303 e. The molecule has 0 unspecified atom stereocenters. The van der Waals surface area contributed by atoms with E-state index in [0.717, 1.165) is 32.5 Å². The minimum Gasteiger partial charge on any atom is -0.463 e. The molecule has 1 aliphatic rings. The van der Waals surface area contributed by atoms with Crippen molar-refractivity contribution in [2.75, 3.05) is 23.9 Å². The molecule has 0 N–H and O–H groups in total. The van der Waals surface area contributed by atoms with Gasteiger partial charge >= 0.3 is 23.9 Å². The average Bonchev–Trinajstić information content (AvgIpc) is 2.63. The van der Waals surface area contributed by atoms with Crippen molar-refractivity contribution in [3.8, 4) is 0 Å². The second kappa shape index (κ2) is 12.2. The van der Waals surface area contributed by atoms with Crippen molar-refractivity contribution in [3.05, 3.63) is 0 Å². The number of hydrogen-bond acceptors (Lipinski definition) is 12. The fraction of sp³-hybridized carbons (Fsp3) is 0.778. The fourth-order valence-electron chi connectivity index (χ4n) is 2.76. The fourth-order valence-corrected chi connectivity index (χ4v) is 5.30. The Morgan fingerprint density at radius 1 is 0.839 bits per heavy atom. The minimum absolute atomic E-state index is 0.0356. The first kappa shape index (κ1) is 27.2. The molecular formula is C18H28O11S2. The van der Waals surface area contributed by atoms with Crippen LogP contribution < -0.4 is 0 Å². The van der Waals surface area contributed by atoms with Crippen molar-refractivity contribution >= 4 is 45.5 Å². The van der Waals surface area contributed by atoms with Crippen molar-refractivity contribution in [3.63, 3.8) is 0 Å². The zero-order chi connectivity index (χ0) is 23.8. The summed E-state index contributed by atoms with van der Waals surface area (Å²) in [6, 6.07) is 0. The smallest absolute Gasteiger partial charge is 0.303 e. The van der Waals surface area contributed by atoms with Crippen molar-refractivity contribution in [1.82, 2.24) is 0 Å². The van der Waals surface area contributed by atoms with Gasteiger partial charge in [0, 0.05) is 39.2 Å². The van der Waals surface area contributed by atoms with E-state index in [4.69, 9.17) is 23.7 Å². The topological polar surface area (TPSA) is 149 Å². The molecule has 178 valence electrons. The molecule has 0 aliphatic carbocycles. The van der Waals surface area contributed by atoms with Gasteiger partial charge in [-0.2, -0.15) is 0 Å². The molecule has 0 bridgehead atoms. The Labute approximate surface area is 185 Å². The molecule has 1 rings (SSSR count). The number of hydrogen-bond donors (Lipinski definition) is 0. The first-order chi connectivity index (χ1) is 14.4. The van der Waals surface area contributed by atoms with Gasteiger partial charge in [-0.3, -0.25) is 19.2 Å². The highest BCUT2D eigenvalue weighted by Crippen LogP contribution is 2.34. The molecule has 0 saturated carbocycles. The van der Waals surface area contributed by atoms with Crippen LogP contribution in [0.3, 0.4) is 0 Å². The van der Waals surface area contributed by atoms with Gasteiger partial charge < -0.3 is 23.7 Å². The van der Waals surface area contributed by atoms with E-state index in [1.165, 1.54) is 13.8 Å². The van der Waals surface area contributed by atoms with Crippen LogP contribution in [0.15, 0.2) is 0 Å². The maximum absolute atomic E-state index is 11.8. The average molecular weight is 485 g/mol. The summed E-state index contributed by atoms with van der Waals surface area (Å²) >= 11 is 1.03. The van der Waals surface area contributed by atoms with Crippen molar-refractivity contribution < 1.29 is 51.3 Å². The molecule has 1 fully saturated rings. The van der Waals surface area contributed by atoms with Gasteiger partial charge in [0.1, 0.15) is 18.1 Å². The Hall–Kier alpha value is -1.86. The third-order valence-corrected chi connectivity index (χ3v) is 7.18. The van der Waals surface area contributed by atoms with Crippen LogP contribution in [0, 0.1) is 0 Å². The predicted octanol–water partition coefficient (Wildman–Crippen LogP) is 0.237. The number of sulfone groups is 1. The lowest BCUT2D eigenvalue weighted by atomic mass is 9.99. The summed E-state index contributed by atoms with van der Waals surface area (Å²) in [6.45, 7) is 5.76. The summed E-state index contributed by atoms with van der Waals surface area (Å²) in [6.07, 6.45) is -4.75. The lowest BCUT2D eigenvalue weighted by Crippen LogP contribution is -2.61. The summed E-state index contributed by atoms with van der Waals surface area (Å²) in [5.74, 6) is -2.87. The number of thioether (sulfide) groups is 1. The van der Waals surface area contributed by atoms with Crippen LogP contribution in [0.25, 0.3) is 0 Å². The Morgan fingerprint density at radius 3 is 1.84 bits per heavy atom. The monoisotopic (exact) mass is 484 g/mol. The van der Waals surface area contributed by atoms with Crippen LogP contribution in [0.2, 0.25) is 0 Å². The number of esters is 4. The van der Waals surface area contributed by atoms with Crippen LogP contribution in [0.4, 0.5) is 0 Å². The van der Waals surface area contributed by atoms with E-state index in [2.05, 4.69) is 0 Å². The predicted molar refractivity (Wildman–Crippen MR) is 109 cm³/mol. The van der Waals surface area contributed by atoms with Crippen molar-refractivity contribution in [2.24, 2.45) is 0 Å². The summed E-state index contributed by atoms with van der Waals surface area (Å²) in [4.78, 5) is 46.3. The highest BCUT2D eigenvalue weighted by molar-refractivity contribution is 8.01. The zero-order valence-electron chi connectivity index (χ0n) is 18.0. The number of carbonyl (C=O) groups is 4. The highest BCUT2D eigenvalue weighted by atomic mass is 32.2.